The third-order valence-electron chi connectivity index (χ3n) is 3.97. The molecule has 2 aromatic heterocycles. The van der Waals surface area contributed by atoms with Gasteiger partial charge in [-0.2, -0.15) is 0 Å². The van der Waals surface area contributed by atoms with Crippen LogP contribution in [0.2, 0.25) is 0 Å². The van der Waals surface area contributed by atoms with Crippen LogP contribution < -0.4 is 11.3 Å². The Balaban J connectivity index is 1.82. The van der Waals surface area contributed by atoms with E-state index in [1.807, 2.05) is 5.38 Å². The average molecular weight is 292 g/mol. The molecule has 0 radical (unpaired) electrons. The minimum Gasteiger partial charge on any atom is -0.330 e. The van der Waals surface area contributed by atoms with Gasteiger partial charge in [0.05, 0.1) is 5.69 Å². The van der Waals surface area contributed by atoms with Crippen LogP contribution in [0, 0.1) is 0 Å². The molecule has 108 valence electrons. The molecule has 0 aliphatic carbocycles. The van der Waals surface area contributed by atoms with Crippen LogP contribution in [0.3, 0.4) is 0 Å². The van der Waals surface area contributed by atoms with E-state index >= 15 is 0 Å². The number of aromatic nitrogens is 2. The van der Waals surface area contributed by atoms with Crippen molar-refractivity contribution in [3.8, 4) is 0 Å². The van der Waals surface area contributed by atoms with Gasteiger partial charge >= 0.3 is 0 Å². The summed E-state index contributed by atoms with van der Waals surface area (Å²) >= 11 is 1.50. The summed E-state index contributed by atoms with van der Waals surface area (Å²) in [4.78, 5) is 19.8. The van der Waals surface area contributed by atoms with E-state index < -0.39 is 0 Å². The molecule has 1 atom stereocenters. The van der Waals surface area contributed by atoms with E-state index in [-0.39, 0.29) is 5.56 Å². The van der Waals surface area contributed by atoms with Crippen molar-refractivity contribution >= 4 is 16.3 Å². The zero-order valence-corrected chi connectivity index (χ0v) is 12.3. The van der Waals surface area contributed by atoms with Crippen LogP contribution in [-0.4, -0.2) is 33.4 Å². The topological polar surface area (TPSA) is 63.6 Å². The van der Waals surface area contributed by atoms with Gasteiger partial charge in [0.2, 0.25) is 0 Å². The van der Waals surface area contributed by atoms with Gasteiger partial charge in [-0.1, -0.05) is 6.42 Å². The van der Waals surface area contributed by atoms with E-state index in [0.717, 1.165) is 36.7 Å². The van der Waals surface area contributed by atoms with Crippen molar-refractivity contribution in [3.05, 3.63) is 33.7 Å². The molecule has 2 aromatic rings. The third kappa shape index (κ3) is 2.77. The maximum atomic E-state index is 12.0. The highest BCUT2D eigenvalue weighted by molar-refractivity contribution is 7.15. The van der Waals surface area contributed by atoms with E-state index in [9.17, 15) is 4.79 Å². The average Bonchev–Trinajstić information content (AvgIpc) is 2.90. The van der Waals surface area contributed by atoms with Crippen LogP contribution >= 0.6 is 11.3 Å². The second kappa shape index (κ2) is 6.03. The molecule has 3 rings (SSSR count). The Morgan fingerprint density at radius 1 is 1.45 bits per heavy atom. The molecule has 0 spiro atoms. The lowest BCUT2D eigenvalue weighted by Gasteiger charge is -2.35. The molecule has 1 unspecified atom stereocenters. The Kier molecular flexibility index (Phi) is 4.14. The fourth-order valence-electron chi connectivity index (χ4n) is 2.96. The SMILES string of the molecule is NCCC1CCCCN1Cc1cc(=O)n2ccsc2n1. The van der Waals surface area contributed by atoms with Crippen molar-refractivity contribution in [2.24, 2.45) is 5.73 Å². The van der Waals surface area contributed by atoms with Crippen LogP contribution in [-0.2, 0) is 6.54 Å². The van der Waals surface area contributed by atoms with Crippen molar-refractivity contribution in [1.29, 1.82) is 0 Å². The standard InChI is InChI=1S/C14H20N4OS/c15-5-4-12-3-1-2-6-17(12)10-11-9-13(19)18-7-8-20-14(18)16-11/h7-9,12H,1-6,10,15H2. The zero-order valence-electron chi connectivity index (χ0n) is 11.5. The number of thiazole rings is 1. The summed E-state index contributed by atoms with van der Waals surface area (Å²) in [5, 5.41) is 1.89. The maximum Gasteiger partial charge on any atom is 0.258 e. The van der Waals surface area contributed by atoms with Crippen LogP contribution in [0.15, 0.2) is 22.4 Å². The van der Waals surface area contributed by atoms with Crippen LogP contribution in [0.5, 0.6) is 0 Å². The molecule has 2 N–H and O–H groups in total. The summed E-state index contributed by atoms with van der Waals surface area (Å²) in [5.41, 5.74) is 6.59. The Labute approximate surface area is 122 Å². The summed E-state index contributed by atoms with van der Waals surface area (Å²) in [7, 11) is 0. The fourth-order valence-corrected chi connectivity index (χ4v) is 3.70. The van der Waals surface area contributed by atoms with Crippen LogP contribution in [0.25, 0.3) is 4.96 Å². The van der Waals surface area contributed by atoms with Crippen LogP contribution in [0.1, 0.15) is 31.4 Å². The predicted octanol–water partition coefficient (Wildman–Crippen LogP) is 1.46. The lowest BCUT2D eigenvalue weighted by molar-refractivity contribution is 0.132. The summed E-state index contributed by atoms with van der Waals surface area (Å²) in [6.45, 7) is 2.56. The summed E-state index contributed by atoms with van der Waals surface area (Å²) in [5.74, 6) is 0. The smallest absolute Gasteiger partial charge is 0.258 e. The second-order valence-corrected chi connectivity index (χ2v) is 6.21. The number of rotatable bonds is 4. The largest absolute Gasteiger partial charge is 0.330 e. The molecule has 0 saturated carbocycles. The molecule has 0 bridgehead atoms. The van der Waals surface area contributed by atoms with Gasteiger partial charge in [-0.3, -0.25) is 14.1 Å². The normalized spacial score (nSPS) is 20.6. The Morgan fingerprint density at radius 2 is 2.35 bits per heavy atom. The Morgan fingerprint density at radius 3 is 3.20 bits per heavy atom. The van der Waals surface area contributed by atoms with E-state index in [2.05, 4.69) is 9.88 Å². The Bertz CT molecular complexity index is 633. The highest BCUT2D eigenvalue weighted by atomic mass is 32.1. The first kappa shape index (κ1) is 13.7. The number of likely N-dealkylation sites (tertiary alicyclic amines) is 1. The van der Waals surface area contributed by atoms with E-state index in [4.69, 9.17) is 5.73 Å². The summed E-state index contributed by atoms with van der Waals surface area (Å²) in [6, 6.07) is 2.20. The number of piperidine rings is 1. The number of nitrogens with two attached hydrogens (primary N) is 1. The number of nitrogens with zero attached hydrogens (tertiary/aromatic N) is 3. The molecule has 6 heteroatoms. The minimum atomic E-state index is 0.0126. The van der Waals surface area contributed by atoms with E-state index in [0.29, 0.717) is 6.04 Å². The van der Waals surface area contributed by atoms with Gasteiger partial charge < -0.3 is 5.73 Å². The van der Waals surface area contributed by atoms with Crippen molar-refractivity contribution in [2.45, 2.75) is 38.3 Å². The molecule has 1 aliphatic rings. The first-order valence-corrected chi connectivity index (χ1v) is 8.06. The number of fused-ring (bicyclic) bond motifs is 1. The number of hydrogen-bond acceptors (Lipinski definition) is 5. The first-order valence-electron chi connectivity index (χ1n) is 7.18. The van der Waals surface area contributed by atoms with Gasteiger partial charge in [-0.25, -0.2) is 4.98 Å². The van der Waals surface area contributed by atoms with Crippen molar-refractivity contribution in [2.75, 3.05) is 13.1 Å². The molecule has 1 aliphatic heterocycles. The van der Waals surface area contributed by atoms with Crippen LogP contribution in [0.4, 0.5) is 0 Å². The third-order valence-corrected chi connectivity index (χ3v) is 4.73. The molecule has 1 saturated heterocycles. The van der Waals surface area contributed by atoms with Gasteiger partial charge in [0.25, 0.3) is 5.56 Å². The van der Waals surface area contributed by atoms with Gasteiger partial charge in [0.1, 0.15) is 0 Å². The predicted molar refractivity (Wildman–Crippen MR) is 81.1 cm³/mol. The minimum absolute atomic E-state index is 0.0126. The first-order chi connectivity index (χ1) is 9.78. The molecule has 20 heavy (non-hydrogen) atoms. The molecule has 5 nitrogen and oxygen atoms in total. The zero-order chi connectivity index (χ0) is 13.9. The van der Waals surface area contributed by atoms with E-state index in [1.165, 1.54) is 30.6 Å². The lowest BCUT2D eigenvalue weighted by Crippen LogP contribution is -2.40. The van der Waals surface area contributed by atoms with Gasteiger partial charge in [0.15, 0.2) is 4.96 Å². The molecule has 0 amide bonds. The van der Waals surface area contributed by atoms with Gasteiger partial charge in [-0.05, 0) is 32.4 Å². The number of hydrogen-bond donors (Lipinski definition) is 1. The molecule has 1 fully saturated rings. The van der Waals surface area contributed by atoms with Gasteiger partial charge in [0, 0.05) is 30.2 Å². The maximum absolute atomic E-state index is 12.0. The lowest BCUT2D eigenvalue weighted by atomic mass is 9.99. The molecule has 0 aromatic carbocycles. The summed E-state index contributed by atoms with van der Waals surface area (Å²) in [6.07, 6.45) is 6.51. The second-order valence-electron chi connectivity index (χ2n) is 5.34. The molecular formula is C14H20N4OS. The monoisotopic (exact) mass is 292 g/mol. The highest BCUT2D eigenvalue weighted by Crippen LogP contribution is 2.21. The van der Waals surface area contributed by atoms with Crippen molar-refractivity contribution < 1.29 is 0 Å². The Hall–Kier alpha value is -1.24. The molecule has 3 heterocycles. The van der Waals surface area contributed by atoms with Crippen molar-refractivity contribution in [1.82, 2.24) is 14.3 Å². The van der Waals surface area contributed by atoms with Gasteiger partial charge in [-0.15, -0.1) is 11.3 Å². The quantitative estimate of drug-likeness (QED) is 0.926. The molecular weight excluding hydrogens is 272 g/mol. The highest BCUT2D eigenvalue weighted by Gasteiger charge is 2.22. The van der Waals surface area contributed by atoms with E-state index in [1.54, 1.807) is 16.7 Å². The fraction of sp³-hybridized carbons (Fsp3) is 0.571. The van der Waals surface area contributed by atoms with Crippen molar-refractivity contribution in [3.63, 3.8) is 0 Å². The summed E-state index contributed by atoms with van der Waals surface area (Å²) < 4.78 is 1.60.